The van der Waals surface area contributed by atoms with Gasteiger partial charge in [-0.3, -0.25) is 4.79 Å². The lowest BCUT2D eigenvalue weighted by molar-refractivity contribution is 0.0598. The molecule has 3 aromatic rings. The maximum Gasteiger partial charge on any atom is 0.343 e. The minimum absolute atomic E-state index is 0.0521. The van der Waals surface area contributed by atoms with Gasteiger partial charge < -0.3 is 14.3 Å². The van der Waals surface area contributed by atoms with Crippen LogP contribution in [0, 0.1) is 0 Å². The Morgan fingerprint density at radius 3 is 2.74 bits per heavy atom. The molecule has 5 nitrogen and oxygen atoms in total. The quantitative estimate of drug-likeness (QED) is 0.720. The molecule has 27 heavy (non-hydrogen) atoms. The van der Waals surface area contributed by atoms with Crippen LogP contribution in [0.4, 0.5) is 0 Å². The second kappa shape index (κ2) is 6.72. The van der Waals surface area contributed by atoms with Gasteiger partial charge in [0.1, 0.15) is 5.56 Å². The molecule has 0 spiro atoms. The molecule has 0 saturated heterocycles. The van der Waals surface area contributed by atoms with Crippen molar-refractivity contribution in [2.75, 3.05) is 7.11 Å². The number of carbonyl (C=O) groups excluding carboxylic acids is 1. The molecule has 1 aromatic carbocycles. The zero-order valence-electron chi connectivity index (χ0n) is 16.0. The third-order valence-corrected chi connectivity index (χ3v) is 5.72. The molecular formula is C22H24N2O3. The van der Waals surface area contributed by atoms with Gasteiger partial charge in [0, 0.05) is 23.6 Å². The molecule has 0 atom stereocenters. The predicted molar refractivity (Wildman–Crippen MR) is 106 cm³/mol. The number of benzene rings is 1. The van der Waals surface area contributed by atoms with E-state index >= 15 is 0 Å². The summed E-state index contributed by atoms with van der Waals surface area (Å²) in [6, 6.07) is 8.03. The largest absolute Gasteiger partial charge is 0.465 e. The van der Waals surface area contributed by atoms with Crippen LogP contribution in [0.5, 0.6) is 0 Å². The first-order valence-corrected chi connectivity index (χ1v) is 9.50. The van der Waals surface area contributed by atoms with E-state index in [1.54, 1.807) is 6.07 Å². The number of ether oxygens (including phenoxy) is 1. The molecule has 140 valence electrons. The van der Waals surface area contributed by atoms with Crippen LogP contribution in [0.15, 0.2) is 29.1 Å². The van der Waals surface area contributed by atoms with Crippen molar-refractivity contribution < 1.29 is 9.53 Å². The number of nitrogens with one attached hydrogen (secondary N) is 1. The minimum atomic E-state index is -0.606. The fourth-order valence-corrected chi connectivity index (χ4v) is 4.29. The number of esters is 1. The van der Waals surface area contributed by atoms with Crippen molar-refractivity contribution >= 4 is 16.9 Å². The average molecular weight is 364 g/mol. The van der Waals surface area contributed by atoms with Crippen molar-refractivity contribution in [1.82, 2.24) is 9.55 Å². The van der Waals surface area contributed by atoms with Gasteiger partial charge in [-0.1, -0.05) is 13.0 Å². The number of fused-ring (bicyclic) bond motifs is 3. The highest BCUT2D eigenvalue weighted by atomic mass is 16.5. The number of aromatic nitrogens is 2. The van der Waals surface area contributed by atoms with E-state index in [9.17, 15) is 9.59 Å². The molecule has 0 amide bonds. The van der Waals surface area contributed by atoms with Crippen molar-refractivity contribution in [3.05, 3.63) is 57.0 Å². The Hall–Kier alpha value is -2.82. The van der Waals surface area contributed by atoms with Gasteiger partial charge in [0.05, 0.1) is 12.8 Å². The summed E-state index contributed by atoms with van der Waals surface area (Å²) in [5, 5.41) is 1.27. The Labute approximate surface area is 158 Å². The number of rotatable bonds is 3. The van der Waals surface area contributed by atoms with E-state index in [4.69, 9.17) is 4.74 Å². The third-order valence-electron chi connectivity index (χ3n) is 5.72. The van der Waals surface area contributed by atoms with Gasteiger partial charge >= 0.3 is 5.97 Å². The fraction of sp³-hybridized carbons (Fsp3) is 0.364. The van der Waals surface area contributed by atoms with Crippen LogP contribution in [-0.2, 0) is 31.0 Å². The van der Waals surface area contributed by atoms with Crippen molar-refractivity contribution in [3.8, 4) is 11.3 Å². The first kappa shape index (κ1) is 17.6. The SMILES string of the molecule is CCc1cc(C(=O)OC)c(=O)[nH]c1-c1ccc2c(c1)c1c(n2C)CCCC1. The molecule has 1 N–H and O–H groups in total. The van der Waals surface area contributed by atoms with Gasteiger partial charge in [0.2, 0.25) is 0 Å². The summed E-state index contributed by atoms with van der Waals surface area (Å²) in [5.41, 5.74) is 6.43. The van der Waals surface area contributed by atoms with Crippen LogP contribution < -0.4 is 5.56 Å². The smallest absolute Gasteiger partial charge is 0.343 e. The number of hydrogen-bond acceptors (Lipinski definition) is 3. The molecule has 0 bridgehead atoms. The lowest BCUT2D eigenvalue weighted by atomic mass is 9.94. The van der Waals surface area contributed by atoms with Gasteiger partial charge in [0.25, 0.3) is 5.56 Å². The summed E-state index contributed by atoms with van der Waals surface area (Å²) in [7, 11) is 3.42. The van der Waals surface area contributed by atoms with Crippen LogP contribution in [-0.4, -0.2) is 22.6 Å². The van der Waals surface area contributed by atoms with Crippen LogP contribution in [0.1, 0.15) is 46.9 Å². The van der Waals surface area contributed by atoms with Gasteiger partial charge in [-0.15, -0.1) is 0 Å². The molecule has 4 rings (SSSR count). The maximum absolute atomic E-state index is 12.4. The molecule has 0 aliphatic heterocycles. The van der Waals surface area contributed by atoms with Gasteiger partial charge in [-0.05, 0) is 67.0 Å². The highest BCUT2D eigenvalue weighted by Gasteiger charge is 2.20. The van der Waals surface area contributed by atoms with E-state index in [1.165, 1.54) is 42.1 Å². The van der Waals surface area contributed by atoms with Crippen molar-refractivity contribution in [2.45, 2.75) is 39.0 Å². The summed E-state index contributed by atoms with van der Waals surface area (Å²) in [6.07, 6.45) is 5.41. The number of aryl methyl sites for hydroxylation is 3. The number of H-pyrrole nitrogens is 1. The molecule has 2 heterocycles. The molecular weight excluding hydrogens is 340 g/mol. The first-order chi connectivity index (χ1) is 13.0. The predicted octanol–water partition coefficient (Wildman–Crippen LogP) is 3.76. The molecule has 1 aliphatic carbocycles. The van der Waals surface area contributed by atoms with Gasteiger partial charge in [-0.25, -0.2) is 4.79 Å². The highest BCUT2D eigenvalue weighted by Crippen LogP contribution is 2.34. The second-order valence-corrected chi connectivity index (χ2v) is 7.18. The summed E-state index contributed by atoms with van der Waals surface area (Å²) >= 11 is 0. The molecule has 0 radical (unpaired) electrons. The Balaban J connectivity index is 1.91. The lowest BCUT2D eigenvalue weighted by Gasteiger charge is -2.13. The molecule has 0 saturated carbocycles. The molecule has 0 unspecified atom stereocenters. The van der Waals surface area contributed by atoms with Crippen LogP contribution >= 0.6 is 0 Å². The molecule has 0 fully saturated rings. The number of methoxy groups -OCH3 is 1. The Kier molecular flexibility index (Phi) is 4.38. The van der Waals surface area contributed by atoms with Gasteiger partial charge in [-0.2, -0.15) is 0 Å². The zero-order valence-corrected chi connectivity index (χ0v) is 16.0. The number of carbonyl (C=O) groups is 1. The number of pyridine rings is 1. The van der Waals surface area contributed by atoms with Gasteiger partial charge in [0.15, 0.2) is 0 Å². The highest BCUT2D eigenvalue weighted by molar-refractivity contribution is 5.92. The van der Waals surface area contributed by atoms with Crippen LogP contribution in [0.2, 0.25) is 0 Å². The third kappa shape index (κ3) is 2.78. The van der Waals surface area contributed by atoms with Crippen LogP contribution in [0.25, 0.3) is 22.2 Å². The van der Waals surface area contributed by atoms with Crippen LogP contribution in [0.3, 0.4) is 0 Å². The van der Waals surface area contributed by atoms with E-state index in [0.717, 1.165) is 29.7 Å². The Morgan fingerprint density at radius 1 is 1.22 bits per heavy atom. The standard InChI is InChI=1S/C22H24N2O3/c1-4-13-11-17(22(26)27-3)21(25)23-20(13)14-9-10-19-16(12-14)15-7-5-6-8-18(15)24(19)2/h9-12H,4-8H2,1-3H3,(H,23,25). The molecule has 1 aliphatic rings. The summed E-state index contributed by atoms with van der Waals surface area (Å²) in [4.78, 5) is 27.2. The maximum atomic E-state index is 12.4. The van der Waals surface area contributed by atoms with Crippen molar-refractivity contribution in [1.29, 1.82) is 0 Å². The van der Waals surface area contributed by atoms with E-state index < -0.39 is 11.5 Å². The summed E-state index contributed by atoms with van der Waals surface area (Å²) in [5.74, 6) is -0.606. The Morgan fingerprint density at radius 2 is 2.00 bits per heavy atom. The number of nitrogens with zero attached hydrogens (tertiary/aromatic N) is 1. The lowest BCUT2D eigenvalue weighted by Crippen LogP contribution is -2.20. The topological polar surface area (TPSA) is 64.1 Å². The van der Waals surface area contributed by atoms with Crippen molar-refractivity contribution in [2.24, 2.45) is 7.05 Å². The summed E-state index contributed by atoms with van der Waals surface area (Å²) in [6.45, 7) is 2.02. The molecule has 5 heteroatoms. The van der Waals surface area contributed by atoms with E-state index in [2.05, 4.69) is 34.8 Å². The Bertz CT molecular complexity index is 1100. The number of aromatic amines is 1. The fourth-order valence-electron chi connectivity index (χ4n) is 4.29. The normalized spacial score (nSPS) is 13.6. The summed E-state index contributed by atoms with van der Waals surface area (Å²) < 4.78 is 7.03. The van der Waals surface area contributed by atoms with Crippen molar-refractivity contribution in [3.63, 3.8) is 0 Å². The monoisotopic (exact) mass is 364 g/mol. The van der Waals surface area contributed by atoms with E-state index in [0.29, 0.717) is 6.42 Å². The second-order valence-electron chi connectivity index (χ2n) is 7.18. The molecule has 2 aromatic heterocycles. The zero-order chi connectivity index (χ0) is 19.1. The first-order valence-electron chi connectivity index (χ1n) is 9.50. The van der Waals surface area contributed by atoms with E-state index in [1.807, 2.05) is 6.92 Å². The minimum Gasteiger partial charge on any atom is -0.465 e. The average Bonchev–Trinajstić information content (AvgIpc) is 2.99. The number of hydrogen-bond donors (Lipinski definition) is 1. The van der Waals surface area contributed by atoms with E-state index in [-0.39, 0.29) is 5.56 Å².